The van der Waals surface area contributed by atoms with Crippen LogP contribution in [0.15, 0.2) is 42.5 Å². The molecule has 5 rings (SSSR count). The van der Waals surface area contributed by atoms with Gasteiger partial charge in [0.15, 0.2) is 0 Å². The summed E-state index contributed by atoms with van der Waals surface area (Å²) in [6, 6.07) is 13.4. The van der Waals surface area contributed by atoms with Gasteiger partial charge in [0.25, 0.3) is 0 Å². The number of rotatable bonds is 5. The number of carboxylic acids is 1. The molecule has 37 heavy (non-hydrogen) atoms. The van der Waals surface area contributed by atoms with Crippen LogP contribution in [-0.4, -0.2) is 69.2 Å². The normalized spacial score (nSPS) is 16.9. The van der Waals surface area contributed by atoms with Crippen LogP contribution in [0.2, 0.25) is 0 Å². The molecular formula is C28H32N4O5. The Kier molecular flexibility index (Phi) is 6.86. The molecule has 2 aliphatic heterocycles. The summed E-state index contributed by atoms with van der Waals surface area (Å²) in [7, 11) is 1.38. The Morgan fingerprint density at radius 1 is 1.05 bits per heavy atom. The van der Waals surface area contributed by atoms with Crippen molar-refractivity contribution in [3.05, 3.63) is 65.0 Å². The lowest BCUT2D eigenvalue weighted by atomic mass is 9.94. The van der Waals surface area contributed by atoms with Gasteiger partial charge in [-0.05, 0) is 36.5 Å². The topological polar surface area (TPSA) is 105 Å². The molecule has 0 saturated carbocycles. The molecule has 9 nitrogen and oxygen atoms in total. The monoisotopic (exact) mass is 504 g/mol. The molecule has 0 bridgehead atoms. The minimum atomic E-state index is -0.889. The summed E-state index contributed by atoms with van der Waals surface area (Å²) >= 11 is 0. The predicted octanol–water partition coefficient (Wildman–Crippen LogP) is 3.76. The van der Waals surface area contributed by atoms with Crippen LogP contribution in [0.1, 0.15) is 54.1 Å². The van der Waals surface area contributed by atoms with E-state index < -0.39 is 11.9 Å². The van der Waals surface area contributed by atoms with Crippen molar-refractivity contribution in [3.8, 4) is 0 Å². The van der Waals surface area contributed by atoms with E-state index in [-0.39, 0.29) is 24.5 Å². The maximum Gasteiger partial charge on any atom is 0.409 e. The molecule has 1 atom stereocenters. The number of piperidine rings is 1. The molecule has 1 N–H and O–H groups in total. The third-order valence-corrected chi connectivity index (χ3v) is 7.76. The van der Waals surface area contributed by atoms with Gasteiger partial charge in [0.2, 0.25) is 5.91 Å². The van der Waals surface area contributed by atoms with E-state index in [4.69, 9.17) is 9.72 Å². The highest BCUT2D eigenvalue weighted by Crippen LogP contribution is 2.35. The molecule has 9 heteroatoms. The third kappa shape index (κ3) is 4.77. The van der Waals surface area contributed by atoms with Crippen LogP contribution in [0.3, 0.4) is 0 Å². The first kappa shape index (κ1) is 24.8. The zero-order chi connectivity index (χ0) is 26.1. The van der Waals surface area contributed by atoms with Crippen LogP contribution in [0, 0.1) is 0 Å². The molecule has 3 aromatic rings. The second-order valence-electron chi connectivity index (χ2n) is 9.88. The Morgan fingerprint density at radius 3 is 2.43 bits per heavy atom. The Balaban J connectivity index is 1.59. The van der Waals surface area contributed by atoms with Crippen LogP contribution in [0.4, 0.5) is 4.79 Å². The number of benzene rings is 2. The molecule has 0 spiro atoms. The maximum absolute atomic E-state index is 12.4. The number of methoxy groups -OCH3 is 1. The number of ether oxygens (including phenoxy) is 1. The largest absolute Gasteiger partial charge is 0.481 e. The summed E-state index contributed by atoms with van der Waals surface area (Å²) in [5, 5.41) is 10.2. The number of likely N-dealkylation sites (tertiary alicyclic amines) is 1. The number of amides is 2. The Bertz CT molecular complexity index is 1330. The van der Waals surface area contributed by atoms with E-state index in [0.29, 0.717) is 32.6 Å². The number of carbonyl (C=O) groups excluding carboxylic acids is 2. The molecule has 2 aromatic carbocycles. The van der Waals surface area contributed by atoms with E-state index in [2.05, 4.69) is 10.6 Å². The number of carbonyl (C=O) groups is 3. The molecule has 194 valence electrons. The lowest BCUT2D eigenvalue weighted by Gasteiger charge is -2.31. The number of hydrogen-bond donors (Lipinski definition) is 1. The number of aliphatic carboxylic acids is 1. The van der Waals surface area contributed by atoms with Gasteiger partial charge in [0.05, 0.1) is 30.6 Å². The van der Waals surface area contributed by atoms with Gasteiger partial charge < -0.3 is 24.2 Å². The van der Waals surface area contributed by atoms with Crippen molar-refractivity contribution in [2.24, 2.45) is 0 Å². The Hall–Kier alpha value is -3.88. The van der Waals surface area contributed by atoms with E-state index in [0.717, 1.165) is 46.4 Å². The van der Waals surface area contributed by atoms with Gasteiger partial charge in [-0.15, -0.1) is 0 Å². The highest BCUT2D eigenvalue weighted by atomic mass is 16.5. The highest BCUT2D eigenvalue weighted by molar-refractivity contribution is 5.83. The minimum absolute atomic E-state index is 0.0685. The van der Waals surface area contributed by atoms with Crippen molar-refractivity contribution in [2.75, 3.05) is 26.7 Å². The lowest BCUT2D eigenvalue weighted by molar-refractivity contribution is -0.139. The fourth-order valence-electron chi connectivity index (χ4n) is 5.68. The summed E-state index contributed by atoms with van der Waals surface area (Å²) in [5.41, 5.74) is 4.56. The summed E-state index contributed by atoms with van der Waals surface area (Å²) < 4.78 is 7.02. The lowest BCUT2D eigenvalue weighted by Crippen LogP contribution is -2.37. The fourth-order valence-corrected chi connectivity index (χ4v) is 5.68. The van der Waals surface area contributed by atoms with Crippen LogP contribution in [0.5, 0.6) is 0 Å². The Labute approximate surface area is 215 Å². The third-order valence-electron chi connectivity index (χ3n) is 7.76. The smallest absolute Gasteiger partial charge is 0.409 e. The number of aromatic nitrogens is 2. The molecule has 1 saturated heterocycles. The number of carboxylic acid groups (broad SMARTS) is 1. The number of fused-ring (bicyclic) bond motifs is 3. The van der Waals surface area contributed by atoms with E-state index in [9.17, 15) is 19.5 Å². The zero-order valence-corrected chi connectivity index (χ0v) is 21.2. The zero-order valence-electron chi connectivity index (χ0n) is 21.2. The van der Waals surface area contributed by atoms with Crippen molar-refractivity contribution in [2.45, 2.75) is 51.1 Å². The fraction of sp³-hybridized carbons (Fsp3) is 0.429. The van der Waals surface area contributed by atoms with Gasteiger partial charge in [-0.1, -0.05) is 36.4 Å². The Morgan fingerprint density at radius 2 is 1.78 bits per heavy atom. The second kappa shape index (κ2) is 10.2. The molecule has 0 radical (unpaired) electrons. The van der Waals surface area contributed by atoms with Gasteiger partial charge in [-0.2, -0.15) is 0 Å². The van der Waals surface area contributed by atoms with Crippen molar-refractivity contribution >= 4 is 29.0 Å². The first-order valence-electron chi connectivity index (χ1n) is 12.7. The molecule has 2 amide bonds. The van der Waals surface area contributed by atoms with E-state index in [1.54, 1.807) is 11.8 Å². The highest BCUT2D eigenvalue weighted by Gasteiger charge is 2.31. The number of nitrogens with zero attached hydrogens (tertiary/aromatic N) is 4. The summed E-state index contributed by atoms with van der Waals surface area (Å²) in [4.78, 5) is 45.2. The van der Waals surface area contributed by atoms with E-state index in [1.807, 2.05) is 41.3 Å². The van der Waals surface area contributed by atoms with Crippen LogP contribution >= 0.6 is 0 Å². The first-order chi connectivity index (χ1) is 17.9. The van der Waals surface area contributed by atoms with Gasteiger partial charge in [-0.3, -0.25) is 9.59 Å². The van der Waals surface area contributed by atoms with Crippen molar-refractivity contribution in [3.63, 3.8) is 0 Å². The SMILES string of the molecule is COC(=O)N1CCc2ccc3c(nc(C4CCN(C(C)=O)CC4)n3C[C@@H](C(=O)O)c3ccccc3)c2C1. The van der Waals surface area contributed by atoms with Crippen LogP contribution in [-0.2, 0) is 33.8 Å². The average molecular weight is 505 g/mol. The predicted molar refractivity (Wildman–Crippen MR) is 137 cm³/mol. The standard InChI is InChI=1S/C28H32N4O5/c1-18(33)30-13-11-21(12-14-30)26-29-25-22-16-31(28(36)37-2)15-10-20(22)8-9-24(25)32(26)17-23(27(34)35)19-6-4-3-5-7-19/h3-9,21,23H,10-17H2,1-2H3,(H,34,35)/t23-/m1/s1. The van der Waals surface area contributed by atoms with Gasteiger partial charge in [-0.25, -0.2) is 9.78 Å². The summed E-state index contributed by atoms with van der Waals surface area (Å²) in [5.74, 6) is -0.607. The molecule has 1 fully saturated rings. The van der Waals surface area contributed by atoms with Crippen molar-refractivity contribution in [1.29, 1.82) is 0 Å². The molecule has 2 aliphatic rings. The molecule has 1 aromatic heterocycles. The summed E-state index contributed by atoms with van der Waals surface area (Å²) in [6.45, 7) is 4.12. The summed E-state index contributed by atoms with van der Waals surface area (Å²) in [6.07, 6.45) is 1.88. The van der Waals surface area contributed by atoms with Gasteiger partial charge in [0, 0.05) is 44.6 Å². The van der Waals surface area contributed by atoms with Crippen LogP contribution in [0.25, 0.3) is 11.0 Å². The van der Waals surface area contributed by atoms with Crippen molar-refractivity contribution < 1.29 is 24.2 Å². The van der Waals surface area contributed by atoms with E-state index >= 15 is 0 Å². The van der Waals surface area contributed by atoms with Gasteiger partial charge >= 0.3 is 12.1 Å². The quantitative estimate of drug-likeness (QED) is 0.567. The van der Waals surface area contributed by atoms with E-state index in [1.165, 1.54) is 7.11 Å². The van der Waals surface area contributed by atoms with Gasteiger partial charge in [0.1, 0.15) is 5.82 Å². The second-order valence-corrected chi connectivity index (χ2v) is 9.88. The first-order valence-corrected chi connectivity index (χ1v) is 12.7. The minimum Gasteiger partial charge on any atom is -0.481 e. The number of hydrogen-bond acceptors (Lipinski definition) is 5. The molecule has 0 aliphatic carbocycles. The van der Waals surface area contributed by atoms with Crippen molar-refractivity contribution in [1.82, 2.24) is 19.4 Å². The molecular weight excluding hydrogens is 472 g/mol. The maximum atomic E-state index is 12.4. The number of imidazole rings is 1. The molecule has 3 heterocycles. The van der Waals surface area contributed by atoms with Crippen LogP contribution < -0.4 is 0 Å². The average Bonchev–Trinajstić information content (AvgIpc) is 3.30. The molecule has 0 unspecified atom stereocenters.